The molecule has 0 nitrogen and oxygen atoms in total. The van der Waals surface area contributed by atoms with Gasteiger partial charge in [0.2, 0.25) is 0 Å². The van der Waals surface area contributed by atoms with Gasteiger partial charge in [-0.15, -0.1) is 0 Å². The summed E-state index contributed by atoms with van der Waals surface area (Å²) in [5, 5.41) is 0.860. The van der Waals surface area contributed by atoms with Gasteiger partial charge < -0.3 is 0 Å². The number of aryl methyl sites for hydroxylation is 1. The van der Waals surface area contributed by atoms with E-state index in [9.17, 15) is 0 Å². The molecular weight excluding hydrogens is 456 g/mol. The normalized spacial score (nSPS) is 14.8. The summed E-state index contributed by atoms with van der Waals surface area (Å²) in [4.78, 5) is 0. The van der Waals surface area contributed by atoms with E-state index in [0.29, 0.717) is 0 Å². The highest BCUT2D eigenvalue weighted by Crippen LogP contribution is 2.45. The van der Waals surface area contributed by atoms with Crippen LogP contribution >= 0.6 is 11.6 Å². The Morgan fingerprint density at radius 1 is 0.694 bits per heavy atom. The Morgan fingerprint density at radius 2 is 1.25 bits per heavy atom. The fourth-order valence-electron chi connectivity index (χ4n) is 6.07. The van der Waals surface area contributed by atoms with Gasteiger partial charge in [0.1, 0.15) is 0 Å². The second-order valence-corrected chi connectivity index (χ2v) is 13.8. The van der Waals surface area contributed by atoms with Crippen LogP contribution in [0.3, 0.4) is 0 Å². The fourth-order valence-corrected chi connectivity index (χ4v) is 6.46. The van der Waals surface area contributed by atoms with Gasteiger partial charge in [0.15, 0.2) is 0 Å². The molecule has 0 aromatic heterocycles. The van der Waals surface area contributed by atoms with Crippen molar-refractivity contribution in [2.45, 2.75) is 110 Å². The molecule has 4 rings (SSSR count). The summed E-state index contributed by atoms with van der Waals surface area (Å²) >= 11 is 6.56. The second-order valence-electron chi connectivity index (χ2n) is 13.4. The van der Waals surface area contributed by atoms with Crippen molar-refractivity contribution in [1.29, 1.82) is 0 Å². The molecule has 0 spiro atoms. The maximum atomic E-state index is 6.56. The molecule has 0 aliphatic heterocycles. The highest BCUT2D eigenvalue weighted by atomic mass is 35.5. The number of benzene rings is 3. The molecule has 0 amide bonds. The van der Waals surface area contributed by atoms with Crippen molar-refractivity contribution < 1.29 is 0 Å². The third kappa shape index (κ3) is 5.91. The Morgan fingerprint density at radius 3 is 1.81 bits per heavy atom. The lowest BCUT2D eigenvalue weighted by Gasteiger charge is -2.31. The van der Waals surface area contributed by atoms with Crippen LogP contribution in [0.15, 0.2) is 60.7 Å². The van der Waals surface area contributed by atoms with Gasteiger partial charge in [-0.2, -0.15) is 0 Å². The molecule has 3 aromatic carbocycles. The van der Waals surface area contributed by atoms with Crippen LogP contribution in [-0.4, -0.2) is 0 Å². The predicted molar refractivity (Wildman–Crippen MR) is 158 cm³/mol. The van der Waals surface area contributed by atoms with Crippen LogP contribution in [0, 0.1) is 0 Å². The molecule has 1 heteroatoms. The summed E-state index contributed by atoms with van der Waals surface area (Å²) in [5.74, 6) is 0.772. The Balaban J connectivity index is 1.60. The van der Waals surface area contributed by atoms with E-state index >= 15 is 0 Å². The van der Waals surface area contributed by atoms with Crippen molar-refractivity contribution >= 4 is 11.6 Å². The lowest BCUT2D eigenvalue weighted by Crippen LogP contribution is -2.24. The Labute approximate surface area is 225 Å². The fraction of sp³-hybridized carbons (Fsp3) is 0.486. The minimum atomic E-state index is -0.0194. The second kappa shape index (κ2) is 10.0. The van der Waals surface area contributed by atoms with Crippen LogP contribution in [0.1, 0.15) is 113 Å². The average molecular weight is 501 g/mol. The van der Waals surface area contributed by atoms with Gasteiger partial charge in [0.05, 0.1) is 0 Å². The maximum Gasteiger partial charge on any atom is 0.0443 e. The van der Waals surface area contributed by atoms with Crippen LogP contribution in [0.2, 0.25) is 5.02 Å². The van der Waals surface area contributed by atoms with Gasteiger partial charge in [-0.05, 0) is 99.3 Å². The van der Waals surface area contributed by atoms with Gasteiger partial charge in [-0.3, -0.25) is 0 Å². The van der Waals surface area contributed by atoms with Crippen molar-refractivity contribution in [3.8, 4) is 0 Å². The van der Waals surface area contributed by atoms with Gasteiger partial charge >= 0.3 is 0 Å². The van der Waals surface area contributed by atoms with Gasteiger partial charge in [0.25, 0.3) is 0 Å². The lowest BCUT2D eigenvalue weighted by atomic mass is 9.74. The van der Waals surface area contributed by atoms with Gasteiger partial charge in [-0.25, -0.2) is 0 Å². The first-order chi connectivity index (χ1) is 16.8. The molecule has 0 heterocycles. The SMILES string of the molecule is CCc1cc(CC(C)(C)c2ccccc2Cl)ccc1C(C)(C)Cc1ccc(C(C)(C)C)c(C2CC2)c1. The topological polar surface area (TPSA) is 0 Å². The molecule has 0 radical (unpaired) electrons. The minimum absolute atomic E-state index is 0.0194. The lowest BCUT2D eigenvalue weighted by molar-refractivity contribution is 0.511. The van der Waals surface area contributed by atoms with Crippen molar-refractivity contribution in [2.24, 2.45) is 0 Å². The smallest absolute Gasteiger partial charge is 0.0443 e. The first kappa shape index (κ1) is 27.0. The van der Waals surface area contributed by atoms with Crippen LogP contribution in [-0.2, 0) is 35.5 Å². The third-order valence-electron chi connectivity index (χ3n) is 8.12. The minimum Gasteiger partial charge on any atom is -0.0840 e. The Bertz CT molecular complexity index is 1220. The number of hydrogen-bond acceptors (Lipinski definition) is 0. The highest BCUT2D eigenvalue weighted by molar-refractivity contribution is 6.31. The molecular formula is C35H45Cl. The summed E-state index contributed by atoms with van der Waals surface area (Å²) in [7, 11) is 0. The molecule has 0 atom stereocenters. The molecule has 0 unspecified atom stereocenters. The summed E-state index contributed by atoms with van der Waals surface area (Å²) < 4.78 is 0. The van der Waals surface area contributed by atoms with Crippen molar-refractivity contribution in [3.05, 3.63) is 105 Å². The van der Waals surface area contributed by atoms with Crippen LogP contribution in [0.4, 0.5) is 0 Å². The van der Waals surface area contributed by atoms with Crippen molar-refractivity contribution in [1.82, 2.24) is 0 Å². The highest BCUT2D eigenvalue weighted by Gasteiger charge is 2.31. The molecule has 1 aliphatic rings. The predicted octanol–water partition coefficient (Wildman–Crippen LogP) is 10.1. The number of rotatable bonds is 8. The van der Waals surface area contributed by atoms with Crippen molar-refractivity contribution in [2.75, 3.05) is 0 Å². The molecule has 1 saturated carbocycles. The Hall–Kier alpha value is -2.05. The molecule has 0 bridgehead atoms. The molecule has 192 valence electrons. The van der Waals surface area contributed by atoms with E-state index in [1.165, 1.54) is 46.2 Å². The van der Waals surface area contributed by atoms with E-state index < -0.39 is 0 Å². The summed E-state index contributed by atoms with van der Waals surface area (Å²) in [5.41, 5.74) is 10.4. The summed E-state index contributed by atoms with van der Waals surface area (Å²) in [6.45, 7) is 18.8. The largest absolute Gasteiger partial charge is 0.0840 e. The van der Waals surface area contributed by atoms with Crippen LogP contribution in [0.25, 0.3) is 0 Å². The number of halogens is 1. The van der Waals surface area contributed by atoms with Crippen LogP contribution in [0.5, 0.6) is 0 Å². The standard InChI is InChI=1S/C35H45Cl/c1-9-26-20-24(22-35(7,8)31-12-10-11-13-32(31)36)14-18-29(26)34(5,6)23-25-15-19-30(33(2,3)4)28(21-25)27-16-17-27/h10-15,18-21,27H,9,16-17,22-23H2,1-8H3. The molecule has 0 N–H and O–H groups in total. The molecule has 1 aliphatic carbocycles. The average Bonchev–Trinajstić information content (AvgIpc) is 3.63. The first-order valence-corrected chi connectivity index (χ1v) is 14.2. The zero-order chi connectivity index (χ0) is 26.3. The Kier molecular flexibility index (Phi) is 7.51. The monoisotopic (exact) mass is 500 g/mol. The molecule has 3 aromatic rings. The van der Waals surface area contributed by atoms with Gasteiger partial charge in [0, 0.05) is 5.02 Å². The zero-order valence-electron chi connectivity index (χ0n) is 23.8. The molecule has 0 saturated heterocycles. The number of hydrogen-bond donors (Lipinski definition) is 0. The first-order valence-electron chi connectivity index (χ1n) is 13.8. The molecule has 1 fully saturated rings. The van der Waals surface area contributed by atoms with E-state index in [1.807, 2.05) is 12.1 Å². The summed E-state index contributed by atoms with van der Waals surface area (Å²) in [6.07, 6.45) is 5.79. The van der Waals surface area contributed by atoms with E-state index in [-0.39, 0.29) is 16.2 Å². The van der Waals surface area contributed by atoms with E-state index in [4.69, 9.17) is 11.6 Å². The van der Waals surface area contributed by atoms with Crippen LogP contribution < -0.4 is 0 Å². The van der Waals surface area contributed by atoms with E-state index in [1.54, 1.807) is 5.56 Å². The summed E-state index contributed by atoms with van der Waals surface area (Å²) in [6, 6.07) is 22.8. The molecule has 36 heavy (non-hydrogen) atoms. The van der Waals surface area contributed by atoms with Gasteiger partial charge in [-0.1, -0.05) is 122 Å². The third-order valence-corrected chi connectivity index (χ3v) is 8.45. The van der Waals surface area contributed by atoms with E-state index in [2.05, 4.69) is 104 Å². The maximum absolute atomic E-state index is 6.56. The van der Waals surface area contributed by atoms with E-state index in [0.717, 1.165) is 30.2 Å². The quantitative estimate of drug-likeness (QED) is 0.288. The van der Waals surface area contributed by atoms with Crippen molar-refractivity contribution in [3.63, 3.8) is 0 Å². The zero-order valence-corrected chi connectivity index (χ0v) is 24.5.